The summed E-state index contributed by atoms with van der Waals surface area (Å²) in [4.78, 5) is 24.3. The highest BCUT2D eigenvalue weighted by molar-refractivity contribution is 6.00. The van der Waals surface area contributed by atoms with Crippen LogP contribution in [0.3, 0.4) is 0 Å². The number of rotatable bonds is 4. The monoisotopic (exact) mass is 292 g/mol. The van der Waals surface area contributed by atoms with Crippen molar-refractivity contribution in [3.63, 3.8) is 0 Å². The Morgan fingerprint density at radius 3 is 2.71 bits per heavy atom. The van der Waals surface area contributed by atoms with E-state index in [9.17, 15) is 14.0 Å². The third-order valence-electron chi connectivity index (χ3n) is 2.79. The average Bonchev–Trinajstić information content (AvgIpc) is 2.91. The van der Waals surface area contributed by atoms with Crippen molar-refractivity contribution in [2.24, 2.45) is 0 Å². The van der Waals surface area contributed by atoms with Gasteiger partial charge in [0.15, 0.2) is 0 Å². The van der Waals surface area contributed by atoms with Crippen molar-refractivity contribution < 1.29 is 23.5 Å². The van der Waals surface area contributed by atoms with Crippen LogP contribution in [0.2, 0.25) is 0 Å². The second kappa shape index (κ2) is 6.08. The molecule has 1 heterocycles. The largest absolute Gasteiger partial charge is 0.478 e. The Kier molecular flexibility index (Phi) is 4.22. The minimum atomic E-state index is -1.45. The van der Waals surface area contributed by atoms with Crippen molar-refractivity contribution in [2.75, 3.05) is 12.4 Å². The fourth-order valence-electron chi connectivity index (χ4n) is 1.76. The second-order valence-electron chi connectivity index (χ2n) is 4.33. The number of hydrogen-bond acceptors (Lipinski definition) is 3. The number of carboxylic acids is 1. The van der Waals surface area contributed by atoms with Crippen LogP contribution in [0.4, 0.5) is 14.9 Å². The minimum absolute atomic E-state index is 0.0983. The summed E-state index contributed by atoms with van der Waals surface area (Å²) in [5.41, 5.74) is -0.670. The molecule has 0 unspecified atom stereocenters. The van der Waals surface area contributed by atoms with Crippen LogP contribution in [-0.4, -0.2) is 29.1 Å². The standard InChI is InChI=1S/C14H13FN2O4/c1-17(8-9-4-3-7-21-9)14(20)16-11-6-2-5-10(15)12(11)13(18)19/h2-7H,8H2,1H3,(H,16,20)(H,18,19). The number of benzene rings is 1. The molecule has 7 heteroatoms. The van der Waals surface area contributed by atoms with Gasteiger partial charge in [0.25, 0.3) is 0 Å². The topological polar surface area (TPSA) is 82.8 Å². The van der Waals surface area contributed by atoms with Gasteiger partial charge in [0, 0.05) is 7.05 Å². The molecule has 0 saturated heterocycles. The molecule has 0 aliphatic carbocycles. The quantitative estimate of drug-likeness (QED) is 0.907. The number of nitrogens with one attached hydrogen (secondary N) is 1. The number of urea groups is 1. The van der Waals surface area contributed by atoms with Gasteiger partial charge in [0.1, 0.15) is 17.1 Å². The summed E-state index contributed by atoms with van der Waals surface area (Å²) in [6.45, 7) is 0.205. The van der Waals surface area contributed by atoms with Crippen LogP contribution in [0, 0.1) is 5.82 Å². The summed E-state index contributed by atoms with van der Waals surface area (Å²) in [5.74, 6) is -1.78. The first kappa shape index (κ1) is 14.6. The van der Waals surface area contributed by atoms with Crippen LogP contribution in [0.5, 0.6) is 0 Å². The predicted molar refractivity (Wildman–Crippen MR) is 72.6 cm³/mol. The van der Waals surface area contributed by atoms with Crippen LogP contribution in [0.15, 0.2) is 41.0 Å². The maximum atomic E-state index is 13.5. The molecule has 0 spiro atoms. The Hall–Kier alpha value is -2.83. The molecule has 2 rings (SSSR count). The van der Waals surface area contributed by atoms with E-state index in [0.29, 0.717) is 5.76 Å². The van der Waals surface area contributed by atoms with Crippen LogP contribution in [0.1, 0.15) is 16.1 Å². The molecular weight excluding hydrogens is 279 g/mol. The van der Waals surface area contributed by atoms with Gasteiger partial charge in [-0.05, 0) is 24.3 Å². The minimum Gasteiger partial charge on any atom is -0.478 e. The van der Waals surface area contributed by atoms with Gasteiger partial charge in [0.2, 0.25) is 0 Å². The zero-order valence-electron chi connectivity index (χ0n) is 11.2. The van der Waals surface area contributed by atoms with E-state index in [0.717, 1.165) is 6.07 Å². The van der Waals surface area contributed by atoms with E-state index in [2.05, 4.69) is 5.32 Å². The van der Waals surface area contributed by atoms with Gasteiger partial charge >= 0.3 is 12.0 Å². The van der Waals surface area contributed by atoms with Crippen molar-refractivity contribution in [1.82, 2.24) is 4.90 Å². The number of hydrogen-bond donors (Lipinski definition) is 2. The summed E-state index contributed by atoms with van der Waals surface area (Å²) >= 11 is 0. The number of carboxylic acid groups (broad SMARTS) is 1. The van der Waals surface area contributed by atoms with Gasteiger partial charge in [-0.3, -0.25) is 0 Å². The van der Waals surface area contributed by atoms with E-state index in [1.807, 2.05) is 0 Å². The molecule has 0 bridgehead atoms. The lowest BCUT2D eigenvalue weighted by Gasteiger charge is -2.17. The first-order chi connectivity index (χ1) is 9.99. The number of amides is 2. The zero-order chi connectivity index (χ0) is 15.4. The first-order valence-corrected chi connectivity index (χ1v) is 6.05. The third kappa shape index (κ3) is 3.38. The third-order valence-corrected chi connectivity index (χ3v) is 2.79. The van der Waals surface area contributed by atoms with E-state index in [4.69, 9.17) is 9.52 Å². The Balaban J connectivity index is 2.12. The number of furan rings is 1. The van der Waals surface area contributed by atoms with Crippen molar-refractivity contribution in [1.29, 1.82) is 0 Å². The molecule has 1 aromatic carbocycles. The zero-order valence-corrected chi connectivity index (χ0v) is 11.2. The highest BCUT2D eigenvalue weighted by atomic mass is 19.1. The fourth-order valence-corrected chi connectivity index (χ4v) is 1.76. The number of halogens is 1. The van der Waals surface area contributed by atoms with E-state index in [1.165, 1.54) is 30.3 Å². The summed E-state index contributed by atoms with van der Waals surface area (Å²) in [7, 11) is 1.51. The highest BCUT2D eigenvalue weighted by Gasteiger charge is 2.19. The van der Waals surface area contributed by atoms with Gasteiger partial charge in [0.05, 0.1) is 18.5 Å². The van der Waals surface area contributed by atoms with Crippen molar-refractivity contribution in [3.05, 3.63) is 53.7 Å². The van der Waals surface area contributed by atoms with E-state index >= 15 is 0 Å². The first-order valence-electron chi connectivity index (χ1n) is 6.05. The Morgan fingerprint density at radius 2 is 2.10 bits per heavy atom. The molecule has 0 aliphatic rings. The molecule has 0 fully saturated rings. The number of carbonyl (C=O) groups is 2. The van der Waals surface area contributed by atoms with Crippen molar-refractivity contribution in [2.45, 2.75) is 6.54 Å². The van der Waals surface area contributed by atoms with Gasteiger partial charge in [-0.2, -0.15) is 0 Å². The molecule has 6 nitrogen and oxygen atoms in total. The van der Waals surface area contributed by atoms with Gasteiger partial charge in [-0.1, -0.05) is 6.07 Å². The molecule has 0 aliphatic heterocycles. The number of anilines is 1. The lowest BCUT2D eigenvalue weighted by Crippen LogP contribution is -2.31. The molecule has 1 aromatic heterocycles. The van der Waals surface area contributed by atoms with Gasteiger partial charge in [-0.25, -0.2) is 14.0 Å². The van der Waals surface area contributed by atoms with Gasteiger partial charge in [-0.15, -0.1) is 0 Å². The SMILES string of the molecule is CN(Cc1ccco1)C(=O)Nc1cccc(F)c1C(=O)O. The highest BCUT2D eigenvalue weighted by Crippen LogP contribution is 2.19. The predicted octanol–water partition coefficient (Wildman–Crippen LogP) is 2.78. The Labute approximate surface area is 119 Å². The maximum absolute atomic E-state index is 13.5. The molecule has 2 amide bonds. The van der Waals surface area contributed by atoms with Crippen molar-refractivity contribution >= 4 is 17.7 Å². The molecule has 0 radical (unpaired) electrons. The summed E-state index contributed by atoms with van der Waals surface area (Å²) in [5, 5.41) is 11.4. The van der Waals surface area contributed by atoms with E-state index in [-0.39, 0.29) is 12.2 Å². The molecule has 0 saturated carbocycles. The summed E-state index contributed by atoms with van der Waals surface area (Å²) in [6, 6.07) is 6.49. The van der Waals surface area contributed by atoms with Crippen molar-refractivity contribution in [3.8, 4) is 0 Å². The molecule has 21 heavy (non-hydrogen) atoms. The molecule has 2 N–H and O–H groups in total. The fraction of sp³-hybridized carbons (Fsp3) is 0.143. The Morgan fingerprint density at radius 1 is 1.33 bits per heavy atom. The van der Waals surface area contributed by atoms with Crippen LogP contribution >= 0.6 is 0 Å². The van der Waals surface area contributed by atoms with E-state index in [1.54, 1.807) is 12.1 Å². The smallest absolute Gasteiger partial charge is 0.340 e. The second-order valence-corrected chi connectivity index (χ2v) is 4.33. The molecule has 0 atom stereocenters. The number of carbonyl (C=O) groups excluding carboxylic acids is 1. The van der Waals surface area contributed by atoms with E-state index < -0.39 is 23.4 Å². The summed E-state index contributed by atoms with van der Waals surface area (Å²) in [6.07, 6.45) is 1.48. The van der Waals surface area contributed by atoms with Gasteiger partial charge < -0.3 is 19.7 Å². The normalized spacial score (nSPS) is 10.2. The molecule has 2 aromatic rings. The lowest BCUT2D eigenvalue weighted by molar-refractivity contribution is 0.0693. The Bertz CT molecular complexity index is 655. The number of aromatic carboxylic acids is 1. The summed E-state index contributed by atoms with van der Waals surface area (Å²) < 4.78 is 18.6. The average molecular weight is 292 g/mol. The lowest BCUT2D eigenvalue weighted by atomic mass is 10.1. The van der Waals surface area contributed by atoms with Crippen LogP contribution in [0.25, 0.3) is 0 Å². The van der Waals surface area contributed by atoms with Crippen LogP contribution in [-0.2, 0) is 6.54 Å². The van der Waals surface area contributed by atoms with Crippen LogP contribution < -0.4 is 5.32 Å². The number of nitrogens with zero attached hydrogens (tertiary/aromatic N) is 1. The molecule has 110 valence electrons. The molecular formula is C14H13FN2O4. The maximum Gasteiger partial charge on any atom is 0.340 e.